The second-order valence-electron chi connectivity index (χ2n) is 7.53. The van der Waals surface area contributed by atoms with Crippen LogP contribution < -0.4 is 0 Å². The molecule has 0 saturated heterocycles. The van der Waals surface area contributed by atoms with E-state index >= 15 is 0 Å². The number of rotatable bonds is 1. The van der Waals surface area contributed by atoms with Gasteiger partial charge in [0.05, 0.1) is 0 Å². The molecule has 1 aromatic rings. The molecule has 1 aromatic heterocycles. The maximum Gasteiger partial charge on any atom is 0.185 e. The molecule has 0 aromatic carbocycles. The molecule has 1 heterocycles. The lowest BCUT2D eigenvalue weighted by Crippen LogP contribution is -2.28. The van der Waals surface area contributed by atoms with Crippen molar-refractivity contribution in [2.45, 2.75) is 47.5 Å². The van der Waals surface area contributed by atoms with Gasteiger partial charge in [-0.3, -0.25) is 4.79 Å². The maximum atomic E-state index is 12.8. The van der Waals surface area contributed by atoms with Gasteiger partial charge in [-0.15, -0.1) is 11.3 Å². The molecular weight excluding hydrogens is 264 g/mol. The summed E-state index contributed by atoms with van der Waals surface area (Å²) in [5.41, 5.74) is 1.67. The predicted molar refractivity (Wildman–Crippen MR) is 87.1 cm³/mol. The minimum atomic E-state index is -0.114. The SMILES string of the molecule is CC(C)(C)C1=CC(c2cccs2)C=C(C(C)(C)C)C1=O. The molecule has 0 radical (unpaired) electrons. The minimum absolute atomic E-state index is 0.114. The van der Waals surface area contributed by atoms with Crippen molar-refractivity contribution in [3.8, 4) is 0 Å². The summed E-state index contributed by atoms with van der Waals surface area (Å²) in [6.45, 7) is 12.7. The highest BCUT2D eigenvalue weighted by Crippen LogP contribution is 2.42. The molecule has 0 aliphatic heterocycles. The monoisotopic (exact) mass is 288 g/mol. The third-order valence-corrected chi connectivity index (χ3v) is 4.64. The highest BCUT2D eigenvalue weighted by molar-refractivity contribution is 7.10. The van der Waals surface area contributed by atoms with Gasteiger partial charge in [0.1, 0.15) is 0 Å². The number of hydrogen-bond donors (Lipinski definition) is 0. The Labute approximate surface area is 126 Å². The van der Waals surface area contributed by atoms with Crippen molar-refractivity contribution in [1.82, 2.24) is 0 Å². The number of ketones is 1. The van der Waals surface area contributed by atoms with E-state index in [0.717, 1.165) is 11.1 Å². The van der Waals surface area contributed by atoms with Crippen LogP contribution >= 0.6 is 11.3 Å². The zero-order valence-corrected chi connectivity index (χ0v) is 14.1. The Morgan fingerprint density at radius 3 is 1.80 bits per heavy atom. The van der Waals surface area contributed by atoms with Crippen LogP contribution in [0.5, 0.6) is 0 Å². The minimum Gasteiger partial charge on any atom is -0.289 e. The molecule has 0 N–H and O–H groups in total. The van der Waals surface area contributed by atoms with Crippen molar-refractivity contribution in [3.05, 3.63) is 45.7 Å². The van der Waals surface area contributed by atoms with E-state index in [2.05, 4.69) is 71.2 Å². The highest BCUT2D eigenvalue weighted by Gasteiger charge is 2.35. The lowest BCUT2D eigenvalue weighted by molar-refractivity contribution is -0.114. The van der Waals surface area contributed by atoms with Gasteiger partial charge in [0.15, 0.2) is 5.78 Å². The Morgan fingerprint density at radius 2 is 1.45 bits per heavy atom. The first-order valence-electron chi connectivity index (χ1n) is 7.13. The molecule has 0 amide bonds. The molecule has 2 heteroatoms. The van der Waals surface area contributed by atoms with Crippen LogP contribution in [-0.2, 0) is 4.79 Å². The summed E-state index contributed by atoms with van der Waals surface area (Å²) < 4.78 is 0. The van der Waals surface area contributed by atoms with Crippen molar-refractivity contribution in [3.63, 3.8) is 0 Å². The zero-order chi connectivity index (χ0) is 15.1. The largest absolute Gasteiger partial charge is 0.289 e. The summed E-state index contributed by atoms with van der Waals surface area (Å²) in [6.07, 6.45) is 4.31. The van der Waals surface area contributed by atoms with Crippen molar-refractivity contribution in [2.24, 2.45) is 10.8 Å². The molecule has 2 rings (SSSR count). The first-order valence-corrected chi connectivity index (χ1v) is 8.01. The Balaban J connectivity index is 2.54. The van der Waals surface area contributed by atoms with E-state index in [4.69, 9.17) is 0 Å². The number of carbonyl (C=O) groups excluding carboxylic acids is 1. The smallest absolute Gasteiger partial charge is 0.185 e. The summed E-state index contributed by atoms with van der Waals surface area (Å²) in [5.74, 6) is 0.453. The van der Waals surface area contributed by atoms with Crippen LogP contribution in [0.25, 0.3) is 0 Å². The van der Waals surface area contributed by atoms with Crippen LogP contribution in [0, 0.1) is 10.8 Å². The van der Waals surface area contributed by atoms with Crippen molar-refractivity contribution < 1.29 is 4.79 Å². The molecule has 0 spiro atoms. The van der Waals surface area contributed by atoms with Gasteiger partial charge in [-0.1, -0.05) is 59.8 Å². The van der Waals surface area contributed by atoms with Crippen LogP contribution in [0.1, 0.15) is 52.3 Å². The topological polar surface area (TPSA) is 17.1 Å². The lowest BCUT2D eigenvalue weighted by Gasteiger charge is -2.33. The molecule has 1 aliphatic rings. The molecular formula is C18H24OS. The van der Waals surface area contributed by atoms with E-state index in [1.807, 2.05) is 0 Å². The second-order valence-corrected chi connectivity index (χ2v) is 8.51. The van der Waals surface area contributed by atoms with Crippen LogP contribution in [0.2, 0.25) is 0 Å². The fourth-order valence-corrected chi connectivity index (χ4v) is 3.29. The molecule has 0 saturated carbocycles. The Bertz CT molecular complexity index is 526. The maximum absolute atomic E-state index is 12.8. The Kier molecular flexibility index (Phi) is 3.81. The van der Waals surface area contributed by atoms with Gasteiger partial charge in [0.25, 0.3) is 0 Å². The normalized spacial score (nSPS) is 18.0. The van der Waals surface area contributed by atoms with Crippen LogP contribution in [0.3, 0.4) is 0 Å². The number of Topliss-reactive ketones (excluding diaryl/α,β-unsaturated/α-hetero) is 1. The predicted octanol–water partition coefficient (Wildman–Crippen LogP) is 5.36. The van der Waals surface area contributed by atoms with E-state index in [0.29, 0.717) is 0 Å². The fraction of sp³-hybridized carbons (Fsp3) is 0.500. The summed E-state index contributed by atoms with van der Waals surface area (Å²) in [5, 5.41) is 2.10. The molecule has 108 valence electrons. The summed E-state index contributed by atoms with van der Waals surface area (Å²) in [7, 11) is 0. The van der Waals surface area contributed by atoms with Crippen molar-refractivity contribution in [2.75, 3.05) is 0 Å². The van der Waals surface area contributed by atoms with Gasteiger partial charge >= 0.3 is 0 Å². The molecule has 0 unspecified atom stereocenters. The lowest BCUT2D eigenvalue weighted by atomic mass is 9.70. The summed E-state index contributed by atoms with van der Waals surface area (Å²) in [4.78, 5) is 14.1. The molecule has 1 nitrogen and oxygen atoms in total. The first-order chi connectivity index (χ1) is 9.10. The molecule has 20 heavy (non-hydrogen) atoms. The highest BCUT2D eigenvalue weighted by atomic mass is 32.1. The summed E-state index contributed by atoms with van der Waals surface area (Å²) >= 11 is 1.76. The fourth-order valence-electron chi connectivity index (χ4n) is 2.53. The Morgan fingerprint density at radius 1 is 0.950 bits per heavy atom. The number of carbonyl (C=O) groups is 1. The van der Waals surface area contributed by atoms with Crippen LogP contribution in [0.4, 0.5) is 0 Å². The van der Waals surface area contributed by atoms with Gasteiger partial charge in [-0.25, -0.2) is 0 Å². The van der Waals surface area contributed by atoms with Crippen LogP contribution in [-0.4, -0.2) is 5.78 Å². The summed E-state index contributed by atoms with van der Waals surface area (Å²) in [6, 6.07) is 4.23. The Hall–Kier alpha value is -1.15. The number of allylic oxidation sites excluding steroid dienone is 4. The van der Waals surface area contributed by atoms with Crippen molar-refractivity contribution >= 4 is 17.1 Å². The van der Waals surface area contributed by atoms with E-state index in [9.17, 15) is 4.79 Å². The first kappa shape index (κ1) is 15.2. The van der Waals surface area contributed by atoms with Crippen LogP contribution in [0.15, 0.2) is 40.8 Å². The average molecular weight is 288 g/mol. The average Bonchev–Trinajstić information content (AvgIpc) is 2.79. The van der Waals surface area contributed by atoms with E-state index in [-0.39, 0.29) is 22.5 Å². The standard InChI is InChI=1S/C18H24OS/c1-17(2,3)13-10-12(15-8-7-9-20-15)11-14(16(13)19)18(4,5)6/h7-12H,1-6H3. The third kappa shape index (κ3) is 2.95. The van der Waals surface area contributed by atoms with Gasteiger partial charge < -0.3 is 0 Å². The van der Waals surface area contributed by atoms with E-state index in [1.54, 1.807) is 11.3 Å². The van der Waals surface area contributed by atoms with Gasteiger partial charge in [0.2, 0.25) is 0 Å². The molecule has 1 aliphatic carbocycles. The second kappa shape index (κ2) is 5.00. The van der Waals surface area contributed by atoms with E-state index in [1.165, 1.54) is 4.88 Å². The van der Waals surface area contributed by atoms with Gasteiger partial charge in [0, 0.05) is 21.9 Å². The number of thiophene rings is 1. The van der Waals surface area contributed by atoms with E-state index < -0.39 is 0 Å². The molecule has 0 fully saturated rings. The molecule has 0 atom stereocenters. The van der Waals surface area contributed by atoms with Crippen molar-refractivity contribution in [1.29, 1.82) is 0 Å². The third-order valence-electron chi connectivity index (χ3n) is 3.67. The van der Waals surface area contributed by atoms with Gasteiger partial charge in [-0.2, -0.15) is 0 Å². The van der Waals surface area contributed by atoms with Gasteiger partial charge in [-0.05, 0) is 22.3 Å². The quantitative estimate of drug-likeness (QED) is 0.680. The number of hydrogen-bond acceptors (Lipinski definition) is 2. The zero-order valence-electron chi connectivity index (χ0n) is 13.3. The molecule has 0 bridgehead atoms.